The minimum atomic E-state index is -1.08. The molecule has 0 fully saturated rings. The third-order valence-electron chi connectivity index (χ3n) is 3.29. The van der Waals surface area contributed by atoms with Gasteiger partial charge in [0, 0.05) is 16.5 Å². The minimum absolute atomic E-state index is 0.194. The van der Waals surface area contributed by atoms with Gasteiger partial charge < -0.3 is 15.2 Å². The number of benzene rings is 2. The fourth-order valence-electron chi connectivity index (χ4n) is 2.07. The summed E-state index contributed by atoms with van der Waals surface area (Å²) in [6, 6.07) is 12.8. The molecule has 1 amide bonds. The van der Waals surface area contributed by atoms with Crippen LogP contribution in [0.4, 0.5) is 0 Å². The Morgan fingerprint density at radius 2 is 1.91 bits per heavy atom. The van der Waals surface area contributed by atoms with Crippen molar-refractivity contribution in [1.82, 2.24) is 5.32 Å². The number of carbonyl (C=O) groups is 2. The second-order valence-electron chi connectivity index (χ2n) is 4.93. The van der Waals surface area contributed by atoms with Gasteiger partial charge in [-0.05, 0) is 35.9 Å². The largest absolute Gasteiger partial charge is 0.497 e. The molecule has 0 aromatic heterocycles. The maximum atomic E-state index is 12.2. The topological polar surface area (TPSA) is 75.6 Å². The zero-order chi connectivity index (χ0) is 16.8. The first-order valence-corrected chi connectivity index (χ1v) is 7.71. The zero-order valence-corrected chi connectivity index (χ0v) is 14.0. The van der Waals surface area contributed by atoms with Crippen molar-refractivity contribution in [3.63, 3.8) is 0 Å². The van der Waals surface area contributed by atoms with Gasteiger partial charge in [-0.15, -0.1) is 0 Å². The van der Waals surface area contributed by atoms with E-state index < -0.39 is 17.9 Å². The number of methoxy groups -OCH3 is 1. The van der Waals surface area contributed by atoms with Gasteiger partial charge in [0.15, 0.2) is 0 Å². The molecule has 0 heterocycles. The molecule has 2 rings (SSSR count). The molecule has 0 spiro atoms. The first-order valence-electron chi connectivity index (χ1n) is 6.92. The molecular weight excluding hydrogens is 362 g/mol. The molecule has 0 aliphatic carbocycles. The molecule has 6 heteroatoms. The van der Waals surface area contributed by atoms with Crippen LogP contribution >= 0.6 is 15.9 Å². The zero-order valence-electron chi connectivity index (χ0n) is 12.5. The number of ether oxygens (including phenoxy) is 1. The average Bonchev–Trinajstić information content (AvgIpc) is 2.54. The van der Waals surface area contributed by atoms with E-state index in [-0.39, 0.29) is 6.42 Å². The highest BCUT2D eigenvalue weighted by Gasteiger charge is 2.21. The number of carbonyl (C=O) groups excluding carboxylic acids is 1. The van der Waals surface area contributed by atoms with E-state index >= 15 is 0 Å². The van der Waals surface area contributed by atoms with Crippen LogP contribution < -0.4 is 10.1 Å². The third-order valence-corrected chi connectivity index (χ3v) is 3.78. The monoisotopic (exact) mass is 377 g/mol. The lowest BCUT2D eigenvalue weighted by Crippen LogP contribution is -2.42. The summed E-state index contributed by atoms with van der Waals surface area (Å²) in [6.07, 6.45) is 0.194. The van der Waals surface area contributed by atoms with E-state index in [1.54, 1.807) is 55.6 Å². The molecule has 5 nitrogen and oxygen atoms in total. The van der Waals surface area contributed by atoms with Gasteiger partial charge >= 0.3 is 5.97 Å². The summed E-state index contributed by atoms with van der Waals surface area (Å²) in [5.74, 6) is -0.810. The number of carboxylic acid groups (broad SMARTS) is 1. The molecule has 0 radical (unpaired) electrons. The van der Waals surface area contributed by atoms with Crippen LogP contribution in [0.25, 0.3) is 0 Å². The van der Waals surface area contributed by atoms with Crippen molar-refractivity contribution in [3.8, 4) is 5.75 Å². The lowest BCUT2D eigenvalue weighted by Gasteiger charge is -2.15. The normalized spacial score (nSPS) is 11.6. The van der Waals surface area contributed by atoms with Gasteiger partial charge in [0.2, 0.25) is 0 Å². The van der Waals surface area contributed by atoms with Crippen LogP contribution in [0.1, 0.15) is 15.9 Å². The highest BCUT2D eigenvalue weighted by atomic mass is 79.9. The van der Waals surface area contributed by atoms with E-state index in [1.165, 1.54) is 0 Å². The Bertz CT molecular complexity index is 700. The number of amides is 1. The lowest BCUT2D eigenvalue weighted by molar-refractivity contribution is -0.139. The van der Waals surface area contributed by atoms with Crippen LogP contribution in [-0.4, -0.2) is 30.1 Å². The first-order chi connectivity index (χ1) is 11.0. The van der Waals surface area contributed by atoms with Gasteiger partial charge in [0.1, 0.15) is 11.8 Å². The summed E-state index contributed by atoms with van der Waals surface area (Å²) in [5, 5.41) is 11.9. The molecule has 1 atom stereocenters. The fourth-order valence-corrected chi connectivity index (χ4v) is 2.47. The van der Waals surface area contributed by atoms with E-state index in [9.17, 15) is 14.7 Å². The van der Waals surface area contributed by atoms with Gasteiger partial charge in [0.25, 0.3) is 5.91 Å². The molecule has 0 bridgehead atoms. The highest BCUT2D eigenvalue weighted by molar-refractivity contribution is 9.10. The number of carboxylic acids is 1. The van der Waals surface area contributed by atoms with Crippen LogP contribution in [0.2, 0.25) is 0 Å². The highest BCUT2D eigenvalue weighted by Crippen LogP contribution is 2.14. The van der Waals surface area contributed by atoms with Crippen LogP contribution in [0.5, 0.6) is 5.75 Å². The number of hydrogen-bond acceptors (Lipinski definition) is 3. The number of rotatable bonds is 6. The quantitative estimate of drug-likeness (QED) is 0.811. The maximum Gasteiger partial charge on any atom is 0.326 e. The van der Waals surface area contributed by atoms with Crippen LogP contribution in [0.3, 0.4) is 0 Å². The molecule has 0 unspecified atom stereocenters. The van der Waals surface area contributed by atoms with Crippen LogP contribution in [0, 0.1) is 0 Å². The van der Waals surface area contributed by atoms with Gasteiger partial charge in [-0.2, -0.15) is 0 Å². The average molecular weight is 378 g/mol. The predicted molar refractivity (Wildman–Crippen MR) is 89.7 cm³/mol. The maximum absolute atomic E-state index is 12.2. The van der Waals surface area contributed by atoms with E-state index in [0.717, 1.165) is 10.0 Å². The van der Waals surface area contributed by atoms with Gasteiger partial charge in [-0.25, -0.2) is 4.79 Å². The molecule has 0 aliphatic rings. The Morgan fingerprint density at radius 3 is 2.48 bits per heavy atom. The number of halogens is 1. The molecule has 120 valence electrons. The lowest BCUT2D eigenvalue weighted by atomic mass is 10.1. The van der Waals surface area contributed by atoms with Gasteiger partial charge in [-0.3, -0.25) is 4.79 Å². The van der Waals surface area contributed by atoms with Crippen molar-refractivity contribution in [2.45, 2.75) is 12.5 Å². The fraction of sp³-hybridized carbons (Fsp3) is 0.176. The molecule has 2 aromatic carbocycles. The second kappa shape index (κ2) is 7.78. The summed E-state index contributed by atoms with van der Waals surface area (Å²) < 4.78 is 5.82. The number of hydrogen-bond donors (Lipinski definition) is 2. The molecule has 0 saturated carbocycles. The molecule has 23 heavy (non-hydrogen) atoms. The van der Waals surface area contributed by atoms with E-state index in [2.05, 4.69) is 21.2 Å². The summed E-state index contributed by atoms with van der Waals surface area (Å²) in [4.78, 5) is 23.6. The summed E-state index contributed by atoms with van der Waals surface area (Å²) in [6.45, 7) is 0. The summed E-state index contributed by atoms with van der Waals surface area (Å²) in [7, 11) is 1.56. The third kappa shape index (κ3) is 4.82. The van der Waals surface area contributed by atoms with Crippen molar-refractivity contribution in [2.24, 2.45) is 0 Å². The Kier molecular flexibility index (Phi) is 5.76. The first kappa shape index (κ1) is 17.0. The Balaban J connectivity index is 2.09. The van der Waals surface area contributed by atoms with Crippen LogP contribution in [0.15, 0.2) is 53.0 Å². The Morgan fingerprint density at radius 1 is 1.22 bits per heavy atom. The molecule has 2 N–H and O–H groups in total. The van der Waals surface area contributed by atoms with E-state index in [1.807, 2.05) is 0 Å². The molecule has 0 aliphatic heterocycles. The minimum Gasteiger partial charge on any atom is -0.497 e. The van der Waals surface area contributed by atoms with Crippen molar-refractivity contribution in [3.05, 3.63) is 64.1 Å². The number of nitrogens with one attached hydrogen (secondary N) is 1. The molecule has 0 saturated heterocycles. The number of aliphatic carboxylic acids is 1. The predicted octanol–water partition coefficient (Wildman–Crippen LogP) is 2.88. The molecule has 2 aromatic rings. The molecular formula is C17H16BrNO4. The van der Waals surface area contributed by atoms with Crippen molar-refractivity contribution in [1.29, 1.82) is 0 Å². The SMILES string of the molecule is COc1ccc(C[C@H](NC(=O)c2cccc(Br)c2)C(=O)O)cc1. The van der Waals surface area contributed by atoms with Crippen LogP contribution in [-0.2, 0) is 11.2 Å². The van der Waals surface area contributed by atoms with Gasteiger partial charge in [-0.1, -0.05) is 34.1 Å². The van der Waals surface area contributed by atoms with Crippen molar-refractivity contribution >= 4 is 27.8 Å². The smallest absolute Gasteiger partial charge is 0.326 e. The second-order valence-corrected chi connectivity index (χ2v) is 5.84. The van der Waals surface area contributed by atoms with Crippen molar-refractivity contribution < 1.29 is 19.4 Å². The summed E-state index contributed by atoms with van der Waals surface area (Å²) >= 11 is 3.28. The standard InChI is InChI=1S/C17H16BrNO4/c1-23-14-7-5-11(6-8-14)9-15(17(21)22)19-16(20)12-3-2-4-13(18)10-12/h2-8,10,15H,9H2,1H3,(H,19,20)(H,21,22)/t15-/m0/s1. The van der Waals surface area contributed by atoms with E-state index in [0.29, 0.717) is 11.3 Å². The van der Waals surface area contributed by atoms with Gasteiger partial charge in [0.05, 0.1) is 7.11 Å². The van der Waals surface area contributed by atoms with E-state index in [4.69, 9.17) is 4.74 Å². The van der Waals surface area contributed by atoms with Crippen molar-refractivity contribution in [2.75, 3.05) is 7.11 Å². The Labute approximate surface area is 142 Å². The Hall–Kier alpha value is -2.34. The summed E-state index contributed by atoms with van der Waals surface area (Å²) in [5.41, 5.74) is 1.20.